The molecule has 1 aromatic heterocycles. The lowest BCUT2D eigenvalue weighted by molar-refractivity contribution is -0.137. The van der Waals surface area contributed by atoms with Crippen molar-refractivity contribution in [3.8, 4) is 17.1 Å². The van der Waals surface area contributed by atoms with Gasteiger partial charge in [-0.3, -0.25) is 9.36 Å². The average molecular weight is 383 g/mol. The number of carbonyl (C=O) groups excluding carboxylic acids is 1. The summed E-state index contributed by atoms with van der Waals surface area (Å²) in [5, 5.41) is 9.22. The molecule has 0 spiro atoms. The number of nitrogens with zero attached hydrogens (tertiary/aromatic N) is 4. The van der Waals surface area contributed by atoms with E-state index in [0.29, 0.717) is 23.9 Å². The van der Waals surface area contributed by atoms with Crippen molar-refractivity contribution in [2.75, 3.05) is 7.11 Å². The van der Waals surface area contributed by atoms with Gasteiger partial charge in [0.05, 0.1) is 18.7 Å². The number of amides is 1. The van der Waals surface area contributed by atoms with E-state index in [2.05, 4.69) is 10.2 Å². The first-order valence-electron chi connectivity index (χ1n) is 8.69. The van der Waals surface area contributed by atoms with Crippen LogP contribution in [-0.2, 0) is 17.9 Å². The summed E-state index contributed by atoms with van der Waals surface area (Å²) in [4.78, 5) is 14.8. The lowest BCUT2D eigenvalue weighted by atomic mass is 10.1. The number of halogens is 1. The minimum Gasteiger partial charge on any atom is -0.497 e. The summed E-state index contributed by atoms with van der Waals surface area (Å²) in [6, 6.07) is 14.8. The normalized spacial score (nSPS) is 16.3. The van der Waals surface area contributed by atoms with Gasteiger partial charge in [0, 0.05) is 12.1 Å². The molecule has 7 heteroatoms. The topological polar surface area (TPSA) is 60.2 Å². The number of benzene rings is 2. The third-order valence-corrected chi connectivity index (χ3v) is 5.13. The van der Waals surface area contributed by atoms with Crippen LogP contribution in [-0.4, -0.2) is 32.7 Å². The Balaban J connectivity index is 1.63. The van der Waals surface area contributed by atoms with Crippen molar-refractivity contribution >= 4 is 17.5 Å². The molecule has 1 aliphatic rings. The summed E-state index contributed by atoms with van der Waals surface area (Å²) >= 11 is 6.32. The molecule has 2 aromatic carbocycles. The van der Waals surface area contributed by atoms with Crippen LogP contribution in [0.15, 0.2) is 48.5 Å². The lowest BCUT2D eigenvalue weighted by Crippen LogP contribution is -2.41. The van der Waals surface area contributed by atoms with Gasteiger partial charge in [-0.1, -0.05) is 35.9 Å². The van der Waals surface area contributed by atoms with Gasteiger partial charge in [0.2, 0.25) is 5.91 Å². The number of carbonyl (C=O) groups is 1. The van der Waals surface area contributed by atoms with Crippen molar-refractivity contribution < 1.29 is 9.53 Å². The number of hydrogen-bond donors (Lipinski definition) is 0. The second kappa shape index (κ2) is 7.04. The van der Waals surface area contributed by atoms with Crippen molar-refractivity contribution in [3.05, 3.63) is 64.9 Å². The van der Waals surface area contributed by atoms with E-state index in [1.807, 2.05) is 60.0 Å². The Bertz CT molecular complexity index is 984. The maximum absolute atomic E-state index is 13.0. The van der Waals surface area contributed by atoms with Crippen LogP contribution in [0, 0.1) is 0 Å². The van der Waals surface area contributed by atoms with Crippen molar-refractivity contribution in [1.29, 1.82) is 0 Å². The molecule has 2 heterocycles. The molecule has 0 unspecified atom stereocenters. The highest BCUT2D eigenvalue weighted by Gasteiger charge is 2.33. The highest BCUT2D eigenvalue weighted by atomic mass is 35.5. The molecule has 1 amide bonds. The van der Waals surface area contributed by atoms with Crippen LogP contribution in [0.3, 0.4) is 0 Å². The number of methoxy groups -OCH3 is 1. The van der Waals surface area contributed by atoms with Crippen LogP contribution in [0.4, 0.5) is 0 Å². The van der Waals surface area contributed by atoms with Crippen LogP contribution >= 0.6 is 11.6 Å². The number of rotatable bonds is 4. The van der Waals surface area contributed by atoms with Gasteiger partial charge in [-0.05, 0) is 36.8 Å². The molecule has 0 saturated carbocycles. The Morgan fingerprint density at radius 3 is 2.59 bits per heavy atom. The average Bonchev–Trinajstić information content (AvgIpc) is 3.10. The number of aromatic nitrogens is 3. The lowest BCUT2D eigenvalue weighted by Gasteiger charge is -2.32. The standard InChI is InChI=1S/C20H19ClN4O2/c1-13-20(26)24(11-14-7-9-15(27-2)10-8-14)12-18-22-23-19(25(13)18)16-5-3-4-6-17(16)21/h3-10,13H,11-12H2,1-2H3/t13-/m0/s1. The maximum Gasteiger partial charge on any atom is 0.246 e. The van der Waals surface area contributed by atoms with Crippen molar-refractivity contribution in [3.63, 3.8) is 0 Å². The number of ether oxygens (including phenoxy) is 1. The molecule has 0 aliphatic carbocycles. The molecule has 1 aliphatic heterocycles. The monoisotopic (exact) mass is 382 g/mol. The minimum absolute atomic E-state index is 0.0337. The van der Waals surface area contributed by atoms with Gasteiger partial charge >= 0.3 is 0 Å². The quantitative estimate of drug-likeness (QED) is 0.690. The molecular weight excluding hydrogens is 364 g/mol. The zero-order valence-electron chi connectivity index (χ0n) is 15.1. The molecule has 138 valence electrons. The summed E-state index contributed by atoms with van der Waals surface area (Å²) in [7, 11) is 1.63. The maximum atomic E-state index is 13.0. The number of fused-ring (bicyclic) bond motifs is 1. The van der Waals surface area contributed by atoms with Gasteiger partial charge in [-0.25, -0.2) is 0 Å². The van der Waals surface area contributed by atoms with Gasteiger partial charge in [-0.2, -0.15) is 0 Å². The Morgan fingerprint density at radius 2 is 1.89 bits per heavy atom. The predicted octanol–water partition coefficient (Wildman–Crippen LogP) is 3.71. The van der Waals surface area contributed by atoms with E-state index in [0.717, 1.165) is 22.7 Å². The van der Waals surface area contributed by atoms with Crippen LogP contribution in [0.25, 0.3) is 11.4 Å². The third kappa shape index (κ3) is 3.17. The fourth-order valence-corrected chi connectivity index (χ4v) is 3.59. The highest BCUT2D eigenvalue weighted by Crippen LogP contribution is 2.32. The molecule has 0 bridgehead atoms. The smallest absolute Gasteiger partial charge is 0.246 e. The van der Waals surface area contributed by atoms with Gasteiger partial charge in [0.25, 0.3) is 0 Å². The fraction of sp³-hybridized carbons (Fsp3) is 0.250. The molecule has 0 fully saturated rings. The molecule has 4 rings (SSSR count). The van der Waals surface area contributed by atoms with Crippen molar-refractivity contribution in [2.45, 2.75) is 26.1 Å². The third-order valence-electron chi connectivity index (χ3n) is 4.80. The van der Waals surface area contributed by atoms with E-state index in [1.165, 1.54) is 0 Å². The largest absolute Gasteiger partial charge is 0.497 e. The SMILES string of the molecule is COc1ccc(CN2Cc3nnc(-c4ccccc4Cl)n3[C@@H](C)C2=O)cc1. The fourth-order valence-electron chi connectivity index (χ4n) is 3.37. The summed E-state index contributed by atoms with van der Waals surface area (Å²) in [6.45, 7) is 2.80. The van der Waals surface area contributed by atoms with Crippen molar-refractivity contribution in [2.24, 2.45) is 0 Å². The van der Waals surface area contributed by atoms with Crippen LogP contribution < -0.4 is 4.74 Å². The van der Waals surface area contributed by atoms with Gasteiger partial charge in [0.15, 0.2) is 11.6 Å². The molecule has 0 saturated heterocycles. The number of hydrogen-bond acceptors (Lipinski definition) is 4. The summed E-state index contributed by atoms with van der Waals surface area (Å²) < 4.78 is 7.07. The Morgan fingerprint density at radius 1 is 1.15 bits per heavy atom. The van der Waals surface area contributed by atoms with Crippen molar-refractivity contribution in [1.82, 2.24) is 19.7 Å². The first-order chi connectivity index (χ1) is 13.1. The van der Waals surface area contributed by atoms with E-state index in [1.54, 1.807) is 12.0 Å². The second-order valence-corrected chi connectivity index (χ2v) is 6.92. The van der Waals surface area contributed by atoms with Crippen LogP contribution in [0.5, 0.6) is 5.75 Å². The second-order valence-electron chi connectivity index (χ2n) is 6.51. The first-order valence-corrected chi connectivity index (χ1v) is 9.06. The summed E-state index contributed by atoms with van der Waals surface area (Å²) in [5.74, 6) is 2.21. The molecule has 27 heavy (non-hydrogen) atoms. The van der Waals surface area contributed by atoms with E-state index in [4.69, 9.17) is 16.3 Å². The molecule has 6 nitrogen and oxygen atoms in total. The van der Waals surface area contributed by atoms with E-state index in [9.17, 15) is 4.79 Å². The zero-order chi connectivity index (χ0) is 19.0. The first kappa shape index (κ1) is 17.5. The molecule has 0 N–H and O–H groups in total. The van der Waals surface area contributed by atoms with Crippen LogP contribution in [0.1, 0.15) is 24.4 Å². The molecule has 3 aromatic rings. The van der Waals surface area contributed by atoms with E-state index in [-0.39, 0.29) is 5.91 Å². The Labute approximate surface area is 162 Å². The molecule has 1 atom stereocenters. The zero-order valence-corrected chi connectivity index (χ0v) is 15.8. The molecule has 0 radical (unpaired) electrons. The molecular formula is C20H19ClN4O2. The summed E-state index contributed by atoms with van der Waals surface area (Å²) in [6.07, 6.45) is 0. The van der Waals surface area contributed by atoms with Gasteiger partial charge in [-0.15, -0.1) is 10.2 Å². The van der Waals surface area contributed by atoms with E-state index >= 15 is 0 Å². The minimum atomic E-state index is -0.395. The van der Waals surface area contributed by atoms with Gasteiger partial charge in [0.1, 0.15) is 11.8 Å². The Kier molecular flexibility index (Phi) is 4.58. The summed E-state index contributed by atoms with van der Waals surface area (Å²) in [5.41, 5.74) is 1.82. The Hall–Kier alpha value is -2.86. The predicted molar refractivity (Wildman–Crippen MR) is 102 cm³/mol. The highest BCUT2D eigenvalue weighted by molar-refractivity contribution is 6.33. The van der Waals surface area contributed by atoms with E-state index < -0.39 is 6.04 Å². The van der Waals surface area contributed by atoms with Gasteiger partial charge < -0.3 is 9.64 Å². The van der Waals surface area contributed by atoms with Crippen LogP contribution in [0.2, 0.25) is 5.02 Å².